The molecule has 0 saturated heterocycles. The van der Waals surface area contributed by atoms with Crippen LogP contribution in [0.1, 0.15) is 30.1 Å². The number of phenols is 2. The van der Waals surface area contributed by atoms with Crippen LogP contribution in [-0.2, 0) is 9.53 Å². The molecule has 0 aliphatic heterocycles. The fraction of sp³-hybridized carbons (Fsp3) is 0.200. The van der Waals surface area contributed by atoms with E-state index in [1.807, 2.05) is 36.4 Å². The van der Waals surface area contributed by atoms with E-state index in [1.165, 1.54) is 24.3 Å². The molecule has 1 saturated carbocycles. The number of ether oxygens (including phenoxy) is 1. The van der Waals surface area contributed by atoms with Crippen molar-refractivity contribution in [1.29, 1.82) is 5.26 Å². The van der Waals surface area contributed by atoms with E-state index >= 15 is 0 Å². The fourth-order valence-electron chi connectivity index (χ4n) is 2.59. The minimum Gasteiger partial charge on any atom is -0.504 e. The Morgan fingerprint density at radius 1 is 1.15 bits per heavy atom. The molecule has 2 aromatic rings. The van der Waals surface area contributed by atoms with Gasteiger partial charge in [0.15, 0.2) is 11.5 Å². The highest BCUT2D eigenvalue weighted by Crippen LogP contribution is 2.43. The lowest BCUT2D eigenvalue weighted by molar-refractivity contribution is -0.145. The van der Waals surface area contributed by atoms with Gasteiger partial charge >= 0.3 is 5.97 Å². The summed E-state index contributed by atoms with van der Waals surface area (Å²) >= 11 is 0. The van der Waals surface area contributed by atoms with Crippen molar-refractivity contribution < 1.29 is 19.7 Å². The maximum absolute atomic E-state index is 12.4. The predicted molar refractivity (Wildman–Crippen MR) is 102 cm³/mol. The third-order valence-electron chi connectivity index (χ3n) is 4.06. The third kappa shape index (κ3) is 4.58. The Labute approximate surface area is 158 Å². The zero-order valence-corrected chi connectivity index (χ0v) is 14.9. The molecule has 0 unspecified atom stereocenters. The molecule has 0 radical (unpaired) electrons. The summed E-state index contributed by atoms with van der Waals surface area (Å²) in [6, 6.07) is 15.4. The number of nitrogens with zero attached hydrogens (tertiary/aromatic N) is 1. The van der Waals surface area contributed by atoms with Gasteiger partial charge in [0.05, 0.1) is 0 Å². The quantitative estimate of drug-likeness (QED) is 0.362. The van der Waals surface area contributed by atoms with Crippen LogP contribution in [0.3, 0.4) is 0 Å². The summed E-state index contributed by atoms with van der Waals surface area (Å²) < 4.78 is 5.60. The third-order valence-corrected chi connectivity index (χ3v) is 4.06. The second-order valence-corrected chi connectivity index (χ2v) is 5.99. The van der Waals surface area contributed by atoms with Crippen molar-refractivity contribution in [2.75, 3.05) is 0 Å². The average Bonchev–Trinajstić information content (AvgIpc) is 3.46. The molecular formula is C20H19NO4S. The van der Waals surface area contributed by atoms with Gasteiger partial charge in [0.1, 0.15) is 17.7 Å². The van der Waals surface area contributed by atoms with Crippen molar-refractivity contribution in [1.82, 2.24) is 0 Å². The molecule has 0 bridgehead atoms. The van der Waals surface area contributed by atoms with Crippen LogP contribution < -0.4 is 0 Å². The van der Waals surface area contributed by atoms with Crippen molar-refractivity contribution in [2.45, 2.75) is 18.9 Å². The van der Waals surface area contributed by atoms with Gasteiger partial charge in [-0.05, 0) is 42.2 Å². The number of hydrogen-bond acceptors (Lipinski definition) is 5. The Morgan fingerprint density at radius 2 is 1.85 bits per heavy atom. The molecule has 2 N–H and O–H groups in total. The summed E-state index contributed by atoms with van der Waals surface area (Å²) in [7, 11) is 0. The number of hydrogen-bond donors (Lipinski definition) is 2. The van der Waals surface area contributed by atoms with Gasteiger partial charge in [-0.25, -0.2) is 4.79 Å². The lowest BCUT2D eigenvalue weighted by Crippen LogP contribution is -2.14. The molecule has 0 amide bonds. The molecule has 134 valence electrons. The van der Waals surface area contributed by atoms with Gasteiger partial charge in [-0.15, -0.1) is 0 Å². The lowest BCUT2D eigenvalue weighted by atomic mass is 10.1. The minimum absolute atomic E-state index is 0. The van der Waals surface area contributed by atoms with Gasteiger partial charge in [0.25, 0.3) is 0 Å². The number of esters is 1. The first kappa shape index (κ1) is 19.4. The number of aromatic hydroxyl groups is 2. The first-order chi connectivity index (χ1) is 12.1. The van der Waals surface area contributed by atoms with Crippen LogP contribution in [0.15, 0.2) is 54.1 Å². The first-order valence-electron chi connectivity index (χ1n) is 7.98. The molecule has 1 fully saturated rings. The van der Waals surface area contributed by atoms with E-state index in [4.69, 9.17) is 4.74 Å². The van der Waals surface area contributed by atoms with Gasteiger partial charge in [-0.1, -0.05) is 36.4 Å². The van der Waals surface area contributed by atoms with E-state index in [0.29, 0.717) is 5.56 Å². The van der Waals surface area contributed by atoms with E-state index < -0.39 is 5.97 Å². The summed E-state index contributed by atoms with van der Waals surface area (Å²) in [5, 5.41) is 28.1. The number of rotatable bonds is 5. The zero-order chi connectivity index (χ0) is 17.8. The molecule has 2 aromatic carbocycles. The molecule has 26 heavy (non-hydrogen) atoms. The predicted octanol–water partition coefficient (Wildman–Crippen LogP) is 3.81. The standard InChI is InChI=1S/C20H17NO4.H2S/c21-12-16(10-13-6-9-17(22)18(23)11-13)20(24)25-19(15-7-8-15)14-4-2-1-3-5-14;/h1-6,9-11,15,19,22-23H,7-8H2;1H2/b16-10+;/t19-;/m1./s1. The SMILES string of the molecule is N#C/C(=C\c1ccc(O)c(O)c1)C(=O)O[C@H](c1ccccc1)C1CC1.S. The summed E-state index contributed by atoms with van der Waals surface area (Å²) in [5.74, 6) is -1.00. The maximum Gasteiger partial charge on any atom is 0.349 e. The second kappa shape index (κ2) is 8.45. The first-order valence-corrected chi connectivity index (χ1v) is 7.98. The molecule has 0 aromatic heterocycles. The minimum atomic E-state index is -0.698. The number of carbonyl (C=O) groups is 1. The zero-order valence-electron chi connectivity index (χ0n) is 13.9. The van der Waals surface area contributed by atoms with Crippen LogP contribution in [0.4, 0.5) is 0 Å². The van der Waals surface area contributed by atoms with Gasteiger partial charge in [-0.3, -0.25) is 0 Å². The molecule has 0 heterocycles. The van der Waals surface area contributed by atoms with Crippen LogP contribution >= 0.6 is 13.5 Å². The lowest BCUT2D eigenvalue weighted by Gasteiger charge is -2.17. The van der Waals surface area contributed by atoms with Crippen molar-refractivity contribution >= 4 is 25.5 Å². The van der Waals surface area contributed by atoms with Crippen LogP contribution in [0.5, 0.6) is 11.5 Å². The van der Waals surface area contributed by atoms with E-state index in [2.05, 4.69) is 0 Å². The highest BCUT2D eigenvalue weighted by Gasteiger charge is 2.35. The van der Waals surface area contributed by atoms with E-state index in [0.717, 1.165) is 18.4 Å². The summed E-state index contributed by atoms with van der Waals surface area (Å²) in [5.41, 5.74) is 1.18. The maximum atomic E-state index is 12.4. The molecule has 1 aliphatic carbocycles. The Kier molecular flexibility index (Phi) is 6.31. The number of benzene rings is 2. The van der Waals surface area contributed by atoms with Crippen LogP contribution in [0.2, 0.25) is 0 Å². The molecule has 1 atom stereocenters. The highest BCUT2D eigenvalue weighted by atomic mass is 32.1. The molecule has 6 heteroatoms. The number of nitriles is 1. The molecule has 3 rings (SSSR count). The Hall–Kier alpha value is -2.91. The van der Waals surface area contributed by atoms with Gasteiger partial charge in [0, 0.05) is 5.92 Å². The van der Waals surface area contributed by atoms with Crippen LogP contribution in [0.25, 0.3) is 6.08 Å². The summed E-state index contributed by atoms with van der Waals surface area (Å²) in [6.45, 7) is 0. The van der Waals surface area contributed by atoms with Crippen molar-refractivity contribution in [3.63, 3.8) is 0 Å². The number of phenolic OH excluding ortho intramolecular Hbond substituents is 2. The summed E-state index contributed by atoms with van der Waals surface area (Å²) in [6.07, 6.45) is 2.95. The fourth-order valence-corrected chi connectivity index (χ4v) is 2.59. The van der Waals surface area contributed by atoms with Crippen LogP contribution in [0, 0.1) is 17.2 Å². The molecule has 5 nitrogen and oxygen atoms in total. The molecular weight excluding hydrogens is 350 g/mol. The average molecular weight is 369 g/mol. The van der Waals surface area contributed by atoms with Crippen LogP contribution in [-0.4, -0.2) is 16.2 Å². The van der Waals surface area contributed by atoms with Gasteiger partial charge in [-0.2, -0.15) is 18.8 Å². The van der Waals surface area contributed by atoms with E-state index in [1.54, 1.807) is 0 Å². The topological polar surface area (TPSA) is 90.5 Å². The Bertz CT molecular complexity index is 854. The highest BCUT2D eigenvalue weighted by molar-refractivity contribution is 7.59. The van der Waals surface area contributed by atoms with Gasteiger partial charge in [0.2, 0.25) is 0 Å². The Morgan fingerprint density at radius 3 is 2.42 bits per heavy atom. The van der Waals surface area contributed by atoms with Crippen molar-refractivity contribution in [2.24, 2.45) is 5.92 Å². The normalized spacial score (nSPS) is 14.7. The summed E-state index contributed by atoms with van der Waals surface area (Å²) in [4.78, 5) is 12.4. The van der Waals surface area contributed by atoms with Crippen molar-refractivity contribution in [3.05, 3.63) is 65.2 Å². The smallest absolute Gasteiger partial charge is 0.349 e. The van der Waals surface area contributed by atoms with E-state index in [9.17, 15) is 20.3 Å². The molecule has 1 aliphatic rings. The van der Waals surface area contributed by atoms with E-state index in [-0.39, 0.29) is 42.6 Å². The monoisotopic (exact) mass is 369 g/mol. The largest absolute Gasteiger partial charge is 0.504 e. The second-order valence-electron chi connectivity index (χ2n) is 5.99. The number of carbonyl (C=O) groups excluding carboxylic acids is 1. The molecule has 0 spiro atoms. The Balaban J connectivity index is 0.00000243. The van der Waals surface area contributed by atoms with Gasteiger partial charge < -0.3 is 14.9 Å². The van der Waals surface area contributed by atoms with Crippen molar-refractivity contribution in [3.8, 4) is 17.6 Å².